The molecule has 5 nitrogen and oxygen atoms in total. The largest absolute Gasteiger partial charge is 0.393 e. The second-order valence-corrected chi connectivity index (χ2v) is 7.09. The molecule has 5 heteroatoms. The van der Waals surface area contributed by atoms with Gasteiger partial charge < -0.3 is 14.6 Å². The molecular formula is C19H32O5. The molecule has 1 aliphatic carbocycles. The van der Waals surface area contributed by atoms with Gasteiger partial charge in [0.25, 0.3) is 0 Å². The minimum absolute atomic E-state index is 0.0439. The Morgan fingerprint density at radius 2 is 1.88 bits per heavy atom. The van der Waals surface area contributed by atoms with Crippen LogP contribution in [0.2, 0.25) is 0 Å². The van der Waals surface area contributed by atoms with E-state index in [1.807, 2.05) is 6.92 Å². The van der Waals surface area contributed by atoms with Crippen molar-refractivity contribution in [2.45, 2.75) is 71.3 Å². The lowest BCUT2D eigenvalue weighted by molar-refractivity contribution is -0.129. The highest BCUT2D eigenvalue weighted by Gasteiger charge is 2.36. The van der Waals surface area contributed by atoms with Gasteiger partial charge in [0.2, 0.25) is 0 Å². The van der Waals surface area contributed by atoms with Crippen molar-refractivity contribution in [3.05, 3.63) is 0 Å². The summed E-state index contributed by atoms with van der Waals surface area (Å²) in [5.74, 6) is 0.580. The molecule has 4 unspecified atom stereocenters. The van der Waals surface area contributed by atoms with E-state index >= 15 is 0 Å². The number of aliphatic hydroxyl groups is 1. The van der Waals surface area contributed by atoms with E-state index in [0.717, 1.165) is 25.7 Å². The van der Waals surface area contributed by atoms with Crippen LogP contribution in [0.3, 0.4) is 0 Å². The molecule has 0 aliphatic heterocycles. The average molecular weight is 340 g/mol. The fourth-order valence-electron chi connectivity index (χ4n) is 3.81. The van der Waals surface area contributed by atoms with Crippen LogP contribution in [0.4, 0.5) is 0 Å². The van der Waals surface area contributed by atoms with Crippen molar-refractivity contribution in [1.82, 2.24) is 0 Å². The zero-order valence-corrected chi connectivity index (χ0v) is 15.3. The summed E-state index contributed by atoms with van der Waals surface area (Å²) < 4.78 is 4.79. The highest BCUT2D eigenvalue weighted by atomic mass is 16.5. The average Bonchev–Trinajstić information content (AvgIpc) is 2.57. The first kappa shape index (κ1) is 21.0. The lowest BCUT2D eigenvalue weighted by atomic mass is 9.68. The van der Waals surface area contributed by atoms with Crippen LogP contribution in [0.15, 0.2) is 0 Å². The van der Waals surface area contributed by atoms with Crippen molar-refractivity contribution in [2.24, 2.45) is 17.8 Å². The van der Waals surface area contributed by atoms with E-state index in [9.17, 15) is 19.5 Å². The smallest absolute Gasteiger partial charge is 0.158 e. The number of rotatable bonds is 11. The van der Waals surface area contributed by atoms with Crippen molar-refractivity contribution >= 4 is 17.3 Å². The number of ketones is 3. The molecule has 24 heavy (non-hydrogen) atoms. The summed E-state index contributed by atoms with van der Waals surface area (Å²) in [5, 5.41) is 10.3. The van der Waals surface area contributed by atoms with Crippen molar-refractivity contribution in [2.75, 3.05) is 13.7 Å². The maximum Gasteiger partial charge on any atom is 0.158 e. The Morgan fingerprint density at radius 1 is 1.17 bits per heavy atom. The lowest BCUT2D eigenvalue weighted by Crippen LogP contribution is -2.36. The molecule has 4 atom stereocenters. The Balaban J connectivity index is 2.60. The monoisotopic (exact) mass is 340 g/mol. The third kappa shape index (κ3) is 6.81. The normalized spacial score (nSPS) is 25.2. The van der Waals surface area contributed by atoms with Gasteiger partial charge >= 0.3 is 0 Å². The van der Waals surface area contributed by atoms with Crippen LogP contribution in [0.5, 0.6) is 0 Å². The summed E-state index contributed by atoms with van der Waals surface area (Å²) in [6.07, 6.45) is 4.42. The predicted molar refractivity (Wildman–Crippen MR) is 91.7 cm³/mol. The second kappa shape index (κ2) is 10.7. The molecule has 0 spiro atoms. The van der Waals surface area contributed by atoms with Crippen LogP contribution in [-0.4, -0.2) is 42.3 Å². The molecule has 0 saturated heterocycles. The summed E-state index contributed by atoms with van der Waals surface area (Å²) in [5.41, 5.74) is 0. The molecule has 138 valence electrons. The number of methoxy groups -OCH3 is 1. The van der Waals surface area contributed by atoms with Gasteiger partial charge in [0, 0.05) is 32.3 Å². The Morgan fingerprint density at radius 3 is 2.46 bits per heavy atom. The Hall–Kier alpha value is -1.07. The van der Waals surface area contributed by atoms with Crippen molar-refractivity contribution < 1.29 is 24.2 Å². The summed E-state index contributed by atoms with van der Waals surface area (Å²) in [6, 6.07) is 0. The van der Waals surface area contributed by atoms with Crippen LogP contribution in [0.1, 0.15) is 65.2 Å². The number of aliphatic hydroxyl groups excluding tert-OH is 1. The predicted octanol–water partition coefficient (Wildman–Crippen LogP) is 2.72. The van der Waals surface area contributed by atoms with Gasteiger partial charge in [0.1, 0.15) is 18.2 Å². The Kier molecular flexibility index (Phi) is 9.37. The van der Waals surface area contributed by atoms with Gasteiger partial charge in [-0.25, -0.2) is 0 Å². The van der Waals surface area contributed by atoms with E-state index in [4.69, 9.17) is 4.74 Å². The summed E-state index contributed by atoms with van der Waals surface area (Å²) in [6.45, 7) is 3.60. The maximum absolute atomic E-state index is 12.4. The van der Waals surface area contributed by atoms with Crippen LogP contribution in [-0.2, 0) is 19.1 Å². The van der Waals surface area contributed by atoms with E-state index in [-0.39, 0.29) is 60.7 Å². The molecule has 0 heterocycles. The van der Waals surface area contributed by atoms with Crippen LogP contribution in [0, 0.1) is 17.8 Å². The van der Waals surface area contributed by atoms with Crippen molar-refractivity contribution in [3.63, 3.8) is 0 Å². The molecule has 0 amide bonds. The molecule has 1 N–H and O–H groups in total. The maximum atomic E-state index is 12.4. The summed E-state index contributed by atoms with van der Waals surface area (Å²) in [7, 11) is 1.47. The molecule has 0 bridgehead atoms. The molecular weight excluding hydrogens is 308 g/mol. The van der Waals surface area contributed by atoms with E-state index in [0.29, 0.717) is 12.8 Å². The number of hydrogen-bond donors (Lipinski definition) is 1. The first-order valence-electron chi connectivity index (χ1n) is 9.09. The topological polar surface area (TPSA) is 80.7 Å². The fourth-order valence-corrected chi connectivity index (χ4v) is 3.81. The summed E-state index contributed by atoms with van der Waals surface area (Å²) in [4.78, 5) is 35.2. The van der Waals surface area contributed by atoms with Gasteiger partial charge in [-0.1, -0.05) is 6.92 Å². The molecule has 0 aromatic rings. The van der Waals surface area contributed by atoms with Crippen molar-refractivity contribution in [1.29, 1.82) is 0 Å². The SMILES string of the molecule is CCC(O)C1CCC(C(=O)CCC(=O)COC)CC1CCC(C)=O. The third-order valence-corrected chi connectivity index (χ3v) is 5.23. The minimum Gasteiger partial charge on any atom is -0.393 e. The van der Waals surface area contributed by atoms with E-state index in [1.165, 1.54) is 7.11 Å². The van der Waals surface area contributed by atoms with E-state index in [1.54, 1.807) is 6.92 Å². The summed E-state index contributed by atoms with van der Waals surface area (Å²) >= 11 is 0. The zero-order valence-electron chi connectivity index (χ0n) is 15.3. The Bertz CT molecular complexity index is 431. The molecule has 1 fully saturated rings. The molecule has 0 aromatic carbocycles. The highest BCUT2D eigenvalue weighted by Crippen LogP contribution is 2.40. The van der Waals surface area contributed by atoms with Gasteiger partial charge in [-0.05, 0) is 50.9 Å². The van der Waals surface area contributed by atoms with Gasteiger partial charge in [0.15, 0.2) is 5.78 Å². The molecule has 0 aromatic heterocycles. The van der Waals surface area contributed by atoms with E-state index < -0.39 is 0 Å². The van der Waals surface area contributed by atoms with Crippen LogP contribution in [0.25, 0.3) is 0 Å². The lowest BCUT2D eigenvalue weighted by Gasteiger charge is -2.38. The first-order valence-corrected chi connectivity index (χ1v) is 9.09. The highest BCUT2D eigenvalue weighted by molar-refractivity contribution is 5.87. The quantitative estimate of drug-likeness (QED) is 0.625. The Labute approximate surface area is 145 Å². The number of carbonyl (C=O) groups is 3. The third-order valence-electron chi connectivity index (χ3n) is 5.23. The van der Waals surface area contributed by atoms with Gasteiger partial charge in [-0.2, -0.15) is 0 Å². The standard InChI is InChI=1S/C19H32O5/c1-4-18(22)17-9-7-15(11-14(17)6-5-13(2)20)19(23)10-8-16(21)12-24-3/h14-15,17-18,22H,4-12H2,1-3H3. The van der Waals surface area contributed by atoms with Crippen molar-refractivity contribution in [3.8, 4) is 0 Å². The molecule has 1 rings (SSSR count). The van der Waals surface area contributed by atoms with E-state index in [2.05, 4.69) is 0 Å². The van der Waals surface area contributed by atoms with Gasteiger partial charge in [0.05, 0.1) is 6.10 Å². The first-order chi connectivity index (χ1) is 11.4. The second-order valence-electron chi connectivity index (χ2n) is 7.09. The zero-order chi connectivity index (χ0) is 18.1. The minimum atomic E-state index is -0.360. The molecule has 0 radical (unpaired) electrons. The van der Waals surface area contributed by atoms with Crippen LogP contribution >= 0.6 is 0 Å². The van der Waals surface area contributed by atoms with Gasteiger partial charge in [-0.3, -0.25) is 9.59 Å². The number of ether oxygens (including phenoxy) is 1. The van der Waals surface area contributed by atoms with Crippen LogP contribution < -0.4 is 0 Å². The van der Waals surface area contributed by atoms with Gasteiger partial charge in [-0.15, -0.1) is 0 Å². The fraction of sp³-hybridized carbons (Fsp3) is 0.842. The molecule has 1 aliphatic rings. The molecule has 1 saturated carbocycles. The number of hydrogen-bond acceptors (Lipinski definition) is 5. The number of Topliss-reactive ketones (excluding diaryl/α,β-unsaturated/α-hetero) is 3. The number of carbonyl (C=O) groups excluding carboxylic acids is 3.